The summed E-state index contributed by atoms with van der Waals surface area (Å²) in [5.74, 6) is 0.106. The zero-order valence-electron chi connectivity index (χ0n) is 8.19. The van der Waals surface area contributed by atoms with E-state index in [0.717, 1.165) is 12.8 Å². The predicted octanol–water partition coefficient (Wildman–Crippen LogP) is -0.0178. The first kappa shape index (κ1) is 9.21. The second kappa shape index (κ2) is 2.75. The minimum atomic E-state index is -2.99. The first-order valence-electron chi connectivity index (χ1n) is 5.09. The van der Waals surface area contributed by atoms with Gasteiger partial charge < -0.3 is 0 Å². The molecule has 0 saturated heterocycles. The third-order valence-electron chi connectivity index (χ3n) is 3.04. The number of aromatic amines is 1. The minimum Gasteiger partial charge on any atom is -0.298 e. The molecule has 15 heavy (non-hydrogen) atoms. The van der Waals surface area contributed by atoms with Gasteiger partial charge in [0, 0.05) is 5.56 Å². The number of H-pyrrole nitrogens is 1. The Morgan fingerprint density at radius 3 is 2.73 bits per heavy atom. The summed E-state index contributed by atoms with van der Waals surface area (Å²) < 4.78 is 24.4. The van der Waals surface area contributed by atoms with Crippen LogP contribution in [0.15, 0.2) is 4.79 Å². The normalized spacial score (nSPS) is 23.7. The Labute approximate surface area is 87.0 Å². The van der Waals surface area contributed by atoms with E-state index >= 15 is 0 Å². The van der Waals surface area contributed by atoms with Crippen LogP contribution >= 0.6 is 0 Å². The summed E-state index contributed by atoms with van der Waals surface area (Å²) in [6.45, 7) is 0. The average Bonchev–Trinajstić information content (AvgIpc) is 2.92. The maximum Gasteiger partial charge on any atom is 0.270 e. The smallest absolute Gasteiger partial charge is 0.270 e. The lowest BCUT2D eigenvalue weighted by molar-refractivity contribution is 0.588. The second-order valence-corrected chi connectivity index (χ2v) is 6.50. The van der Waals surface area contributed by atoms with Crippen LogP contribution in [-0.4, -0.2) is 24.0 Å². The molecule has 1 fully saturated rings. The van der Waals surface area contributed by atoms with Crippen molar-refractivity contribution in [3.63, 3.8) is 0 Å². The molecule has 2 aliphatic rings. The molecule has 5 nitrogen and oxygen atoms in total. The molecule has 3 rings (SSSR count). The van der Waals surface area contributed by atoms with Crippen LogP contribution in [0.2, 0.25) is 0 Å². The van der Waals surface area contributed by atoms with Crippen molar-refractivity contribution < 1.29 is 8.42 Å². The molecule has 1 aromatic heterocycles. The van der Waals surface area contributed by atoms with E-state index in [2.05, 4.69) is 5.10 Å². The molecule has 1 aromatic rings. The molecule has 0 spiro atoms. The van der Waals surface area contributed by atoms with Gasteiger partial charge in [0.25, 0.3) is 5.56 Å². The summed E-state index contributed by atoms with van der Waals surface area (Å²) in [6.07, 6.45) is 2.41. The van der Waals surface area contributed by atoms with Gasteiger partial charge in [0.2, 0.25) is 0 Å². The molecular weight excluding hydrogens is 216 g/mol. The van der Waals surface area contributed by atoms with Gasteiger partial charge in [-0.25, -0.2) is 13.1 Å². The number of hydrogen-bond acceptors (Lipinski definition) is 3. The van der Waals surface area contributed by atoms with Crippen molar-refractivity contribution in [3.05, 3.63) is 21.6 Å². The van der Waals surface area contributed by atoms with Crippen LogP contribution in [0, 0.1) is 0 Å². The van der Waals surface area contributed by atoms with E-state index in [1.165, 1.54) is 0 Å². The molecule has 0 amide bonds. The van der Waals surface area contributed by atoms with E-state index in [0.29, 0.717) is 17.7 Å². The molecule has 1 N–H and O–H groups in total. The van der Waals surface area contributed by atoms with Crippen LogP contribution in [-0.2, 0) is 22.0 Å². The van der Waals surface area contributed by atoms with Crippen LogP contribution in [0.25, 0.3) is 0 Å². The molecule has 0 radical (unpaired) electrons. The summed E-state index contributed by atoms with van der Waals surface area (Å²) in [7, 11) is -2.99. The fourth-order valence-electron chi connectivity index (χ4n) is 2.05. The lowest BCUT2D eigenvalue weighted by Gasteiger charge is -2.09. The Bertz CT molecular complexity index is 563. The van der Waals surface area contributed by atoms with Gasteiger partial charge in [-0.05, 0) is 19.3 Å². The molecule has 0 aromatic carbocycles. The quantitative estimate of drug-likeness (QED) is 0.734. The molecule has 1 aliphatic heterocycles. The highest BCUT2D eigenvalue weighted by atomic mass is 32.2. The van der Waals surface area contributed by atoms with E-state index < -0.39 is 9.84 Å². The number of nitrogens with zero attached hydrogens (tertiary/aromatic N) is 1. The minimum absolute atomic E-state index is 0.00269. The number of fused-ring (bicyclic) bond motifs is 1. The fourth-order valence-corrected chi connectivity index (χ4v) is 3.39. The maximum absolute atomic E-state index is 11.8. The van der Waals surface area contributed by atoms with E-state index in [4.69, 9.17) is 0 Å². The highest BCUT2D eigenvalue weighted by molar-refractivity contribution is 7.90. The van der Waals surface area contributed by atoms with E-state index in [1.54, 1.807) is 4.68 Å². The summed E-state index contributed by atoms with van der Waals surface area (Å²) in [5.41, 5.74) is 1.28. The van der Waals surface area contributed by atoms with Crippen molar-refractivity contribution in [2.45, 2.75) is 31.1 Å². The summed E-state index contributed by atoms with van der Waals surface area (Å²) in [4.78, 5) is 11.8. The number of aromatic nitrogens is 2. The summed E-state index contributed by atoms with van der Waals surface area (Å²) in [5, 5.41) is 2.94. The van der Waals surface area contributed by atoms with E-state index in [9.17, 15) is 13.2 Å². The molecular formula is C9H12N2O3S. The lowest BCUT2D eigenvalue weighted by Crippen LogP contribution is -2.23. The van der Waals surface area contributed by atoms with Gasteiger partial charge in [-0.2, -0.15) is 0 Å². The monoisotopic (exact) mass is 228 g/mol. The number of hydrogen-bond donors (Lipinski definition) is 1. The van der Waals surface area contributed by atoms with Crippen LogP contribution in [0.5, 0.6) is 0 Å². The molecule has 6 heteroatoms. The Kier molecular flexibility index (Phi) is 1.69. The summed E-state index contributed by atoms with van der Waals surface area (Å²) >= 11 is 0. The van der Waals surface area contributed by atoms with Crippen molar-refractivity contribution in [3.8, 4) is 0 Å². The molecule has 1 aliphatic carbocycles. The molecule has 0 bridgehead atoms. The zero-order chi connectivity index (χ0) is 10.6. The van der Waals surface area contributed by atoms with Crippen molar-refractivity contribution in [2.24, 2.45) is 0 Å². The largest absolute Gasteiger partial charge is 0.298 e. The van der Waals surface area contributed by atoms with Gasteiger partial charge in [0.05, 0.1) is 23.2 Å². The second-order valence-electron chi connectivity index (χ2n) is 4.32. The van der Waals surface area contributed by atoms with Gasteiger partial charge in [0.1, 0.15) is 0 Å². The zero-order valence-corrected chi connectivity index (χ0v) is 9.01. The van der Waals surface area contributed by atoms with Crippen molar-refractivity contribution >= 4 is 9.84 Å². The molecule has 2 heterocycles. The first-order valence-corrected chi connectivity index (χ1v) is 6.92. The van der Waals surface area contributed by atoms with Crippen molar-refractivity contribution in [2.75, 3.05) is 5.75 Å². The third kappa shape index (κ3) is 1.43. The molecule has 0 unspecified atom stereocenters. The third-order valence-corrected chi connectivity index (χ3v) is 4.59. The molecule has 0 atom stereocenters. The Morgan fingerprint density at radius 2 is 2.07 bits per heavy atom. The summed E-state index contributed by atoms with van der Waals surface area (Å²) in [6, 6.07) is 0.283. The molecule has 82 valence electrons. The van der Waals surface area contributed by atoms with Gasteiger partial charge in [0.15, 0.2) is 9.84 Å². The van der Waals surface area contributed by atoms with Crippen LogP contribution < -0.4 is 5.56 Å². The van der Waals surface area contributed by atoms with Crippen LogP contribution in [0.3, 0.4) is 0 Å². The SMILES string of the molecule is O=c1c2c([nH]n1C1CC1)CS(=O)(=O)CC2. The lowest BCUT2D eigenvalue weighted by atomic mass is 10.2. The van der Waals surface area contributed by atoms with Crippen molar-refractivity contribution in [1.82, 2.24) is 9.78 Å². The van der Waals surface area contributed by atoms with E-state index in [-0.39, 0.29) is 23.1 Å². The maximum atomic E-state index is 11.8. The Balaban J connectivity index is 2.12. The fraction of sp³-hybridized carbons (Fsp3) is 0.667. The number of rotatable bonds is 1. The Morgan fingerprint density at radius 1 is 1.33 bits per heavy atom. The van der Waals surface area contributed by atoms with Crippen LogP contribution in [0.1, 0.15) is 30.1 Å². The van der Waals surface area contributed by atoms with Crippen LogP contribution in [0.4, 0.5) is 0 Å². The average molecular weight is 228 g/mol. The van der Waals surface area contributed by atoms with Gasteiger partial charge in [-0.3, -0.25) is 9.89 Å². The highest BCUT2D eigenvalue weighted by Gasteiger charge is 2.31. The number of sulfone groups is 1. The topological polar surface area (TPSA) is 71.9 Å². The van der Waals surface area contributed by atoms with Gasteiger partial charge in [-0.1, -0.05) is 0 Å². The highest BCUT2D eigenvalue weighted by Crippen LogP contribution is 2.33. The Hall–Kier alpha value is -1.04. The predicted molar refractivity (Wildman–Crippen MR) is 54.5 cm³/mol. The van der Waals surface area contributed by atoms with E-state index in [1.807, 2.05) is 0 Å². The van der Waals surface area contributed by atoms with Crippen molar-refractivity contribution in [1.29, 1.82) is 0 Å². The van der Waals surface area contributed by atoms with Gasteiger partial charge >= 0.3 is 0 Å². The van der Waals surface area contributed by atoms with Gasteiger partial charge in [-0.15, -0.1) is 0 Å². The molecule has 1 saturated carbocycles. The first-order chi connectivity index (χ1) is 7.07. The standard InChI is InChI=1S/C9H12N2O3S/c12-9-7-3-4-15(13,14)5-8(7)10-11(9)6-1-2-6/h6,10H,1-5H2. The number of nitrogens with one attached hydrogen (secondary N) is 1.